The summed E-state index contributed by atoms with van der Waals surface area (Å²) in [6.45, 7) is 4.57. The second kappa shape index (κ2) is 8.92. The zero-order valence-corrected chi connectivity index (χ0v) is 12.6. The summed E-state index contributed by atoms with van der Waals surface area (Å²) >= 11 is 0. The summed E-state index contributed by atoms with van der Waals surface area (Å²) in [4.78, 5) is 3.93. The van der Waals surface area contributed by atoms with E-state index in [-0.39, 0.29) is 0 Å². The van der Waals surface area contributed by atoms with Crippen LogP contribution in [-0.2, 0) is 11.2 Å². The van der Waals surface area contributed by atoms with Gasteiger partial charge in [0.05, 0.1) is 19.3 Å². The fraction of sp³-hybridized carbons (Fsp3) is 0.733. The summed E-state index contributed by atoms with van der Waals surface area (Å²) in [6, 6.07) is 0. The summed E-state index contributed by atoms with van der Waals surface area (Å²) in [5, 5.41) is 16.5. The van der Waals surface area contributed by atoms with E-state index in [9.17, 15) is 5.11 Å². The summed E-state index contributed by atoms with van der Waals surface area (Å²) < 4.78 is 10.5. The Morgan fingerprint density at radius 1 is 1.48 bits per heavy atom. The van der Waals surface area contributed by atoms with Gasteiger partial charge in [-0.05, 0) is 24.7 Å². The van der Waals surface area contributed by atoms with E-state index in [1.807, 2.05) is 0 Å². The minimum atomic E-state index is -0.484. The van der Waals surface area contributed by atoms with E-state index in [2.05, 4.69) is 34.5 Å². The molecule has 0 aliphatic heterocycles. The predicted octanol–water partition coefficient (Wildman–Crippen LogP) is 1.18. The molecule has 3 atom stereocenters. The number of ether oxygens (including phenoxy) is 1. The van der Waals surface area contributed by atoms with Crippen molar-refractivity contribution in [2.75, 3.05) is 26.3 Å². The molecule has 0 saturated heterocycles. The number of aromatic nitrogens is 2. The third-order valence-electron chi connectivity index (χ3n) is 3.86. The van der Waals surface area contributed by atoms with Gasteiger partial charge < -0.3 is 19.7 Å². The van der Waals surface area contributed by atoms with Crippen molar-refractivity contribution in [2.45, 2.75) is 32.3 Å². The van der Waals surface area contributed by atoms with E-state index in [0.717, 1.165) is 19.4 Å². The molecule has 6 heteroatoms. The average molecular weight is 295 g/mol. The summed E-state index contributed by atoms with van der Waals surface area (Å²) in [5.74, 6) is 1.85. The highest BCUT2D eigenvalue weighted by atomic mass is 16.5. The zero-order chi connectivity index (χ0) is 14.9. The van der Waals surface area contributed by atoms with Gasteiger partial charge in [0.1, 0.15) is 0 Å². The average Bonchev–Trinajstić information content (AvgIpc) is 2.99. The van der Waals surface area contributed by atoms with Crippen molar-refractivity contribution >= 4 is 0 Å². The summed E-state index contributed by atoms with van der Waals surface area (Å²) in [5.41, 5.74) is 0. The highest BCUT2D eigenvalue weighted by Gasteiger charge is 2.18. The molecule has 1 aromatic heterocycles. The first-order valence-corrected chi connectivity index (χ1v) is 7.62. The Balaban J connectivity index is 1.49. The van der Waals surface area contributed by atoms with Gasteiger partial charge in [0.15, 0.2) is 6.33 Å². The number of nitrogens with one attached hydrogen (secondary N) is 1. The van der Waals surface area contributed by atoms with Crippen LogP contribution in [0.4, 0.5) is 0 Å². The van der Waals surface area contributed by atoms with E-state index in [0.29, 0.717) is 43.8 Å². The van der Waals surface area contributed by atoms with Gasteiger partial charge in [-0.15, -0.1) is 0 Å². The molecule has 0 bridgehead atoms. The topological polar surface area (TPSA) is 80.4 Å². The van der Waals surface area contributed by atoms with Crippen LogP contribution >= 0.6 is 0 Å². The maximum atomic E-state index is 9.85. The smallest absolute Gasteiger partial charge is 0.227 e. The standard InChI is InChI=1S/C15H25N3O3/c1-12-4-2-3-5-13(12)9-20-10-14(19)8-16-7-6-15-17-11-18-21-15/h2-3,11-14,16,19H,4-10H2,1H3. The van der Waals surface area contributed by atoms with Crippen molar-refractivity contribution in [1.82, 2.24) is 15.5 Å². The third-order valence-corrected chi connectivity index (χ3v) is 3.86. The monoisotopic (exact) mass is 295 g/mol. The SMILES string of the molecule is CC1CC=CCC1COCC(O)CNCCc1ncno1. The van der Waals surface area contributed by atoms with E-state index in [1.165, 1.54) is 6.33 Å². The zero-order valence-electron chi connectivity index (χ0n) is 12.6. The van der Waals surface area contributed by atoms with Gasteiger partial charge in [0, 0.05) is 19.5 Å². The molecule has 1 heterocycles. The molecule has 2 rings (SSSR count). The lowest BCUT2D eigenvalue weighted by atomic mass is 9.85. The number of allylic oxidation sites excluding steroid dienone is 2. The Hall–Kier alpha value is -1.24. The number of hydrogen-bond acceptors (Lipinski definition) is 6. The van der Waals surface area contributed by atoms with Crippen LogP contribution in [0.15, 0.2) is 23.0 Å². The number of hydrogen-bond donors (Lipinski definition) is 2. The summed E-state index contributed by atoms with van der Waals surface area (Å²) in [6.07, 6.45) is 8.25. The molecule has 2 N–H and O–H groups in total. The van der Waals surface area contributed by atoms with Crippen molar-refractivity contribution in [1.29, 1.82) is 0 Å². The van der Waals surface area contributed by atoms with E-state index >= 15 is 0 Å². The van der Waals surface area contributed by atoms with Crippen LogP contribution in [0.1, 0.15) is 25.7 Å². The Morgan fingerprint density at radius 3 is 3.10 bits per heavy atom. The lowest BCUT2D eigenvalue weighted by Crippen LogP contribution is -2.32. The highest BCUT2D eigenvalue weighted by molar-refractivity contribution is 4.93. The fourth-order valence-electron chi connectivity index (χ4n) is 2.42. The molecule has 0 radical (unpaired) electrons. The second-order valence-electron chi connectivity index (χ2n) is 5.66. The molecule has 0 saturated carbocycles. The van der Waals surface area contributed by atoms with Crippen molar-refractivity contribution in [3.63, 3.8) is 0 Å². The molecular formula is C15H25N3O3. The largest absolute Gasteiger partial charge is 0.389 e. The number of rotatable bonds is 9. The highest BCUT2D eigenvalue weighted by Crippen LogP contribution is 2.24. The van der Waals surface area contributed by atoms with E-state index in [4.69, 9.17) is 9.26 Å². The van der Waals surface area contributed by atoms with Crippen molar-refractivity contribution in [3.05, 3.63) is 24.4 Å². The van der Waals surface area contributed by atoms with Gasteiger partial charge in [-0.1, -0.05) is 24.2 Å². The van der Waals surface area contributed by atoms with Gasteiger partial charge in [0.25, 0.3) is 0 Å². The molecule has 1 aliphatic carbocycles. The van der Waals surface area contributed by atoms with Gasteiger partial charge in [0.2, 0.25) is 5.89 Å². The molecule has 0 aromatic carbocycles. The van der Waals surface area contributed by atoms with Crippen molar-refractivity contribution < 1.29 is 14.4 Å². The first kappa shape index (κ1) is 16.1. The van der Waals surface area contributed by atoms with Gasteiger partial charge >= 0.3 is 0 Å². The molecule has 0 fully saturated rings. The Bertz CT molecular complexity index is 408. The summed E-state index contributed by atoms with van der Waals surface area (Å²) in [7, 11) is 0. The maximum absolute atomic E-state index is 9.85. The van der Waals surface area contributed by atoms with Gasteiger partial charge in [-0.2, -0.15) is 4.98 Å². The second-order valence-corrected chi connectivity index (χ2v) is 5.66. The van der Waals surface area contributed by atoms with Crippen LogP contribution in [0.5, 0.6) is 0 Å². The van der Waals surface area contributed by atoms with Crippen LogP contribution in [0.25, 0.3) is 0 Å². The predicted molar refractivity (Wildman–Crippen MR) is 78.7 cm³/mol. The van der Waals surface area contributed by atoms with Crippen LogP contribution in [0.2, 0.25) is 0 Å². The molecule has 0 spiro atoms. The first-order valence-electron chi connectivity index (χ1n) is 7.62. The minimum Gasteiger partial charge on any atom is -0.389 e. The number of aliphatic hydroxyl groups is 1. The molecule has 0 amide bonds. The Kier molecular flexibility index (Phi) is 6.85. The van der Waals surface area contributed by atoms with Crippen LogP contribution in [0, 0.1) is 11.8 Å². The lowest BCUT2D eigenvalue weighted by Gasteiger charge is -2.25. The molecule has 6 nitrogen and oxygen atoms in total. The first-order chi connectivity index (χ1) is 10.3. The molecule has 21 heavy (non-hydrogen) atoms. The number of aliphatic hydroxyl groups excluding tert-OH is 1. The quantitative estimate of drug-likeness (QED) is 0.526. The van der Waals surface area contributed by atoms with Gasteiger partial charge in [-0.25, -0.2) is 0 Å². The van der Waals surface area contributed by atoms with Crippen LogP contribution in [-0.4, -0.2) is 47.7 Å². The maximum Gasteiger partial charge on any atom is 0.227 e. The molecule has 1 aromatic rings. The Labute approximate surface area is 125 Å². The van der Waals surface area contributed by atoms with E-state index < -0.39 is 6.10 Å². The molecule has 1 aliphatic rings. The third kappa shape index (κ3) is 5.95. The van der Waals surface area contributed by atoms with Crippen molar-refractivity contribution in [2.24, 2.45) is 11.8 Å². The van der Waals surface area contributed by atoms with Crippen molar-refractivity contribution in [3.8, 4) is 0 Å². The normalized spacial score (nSPS) is 23.3. The minimum absolute atomic E-state index is 0.375. The van der Waals surface area contributed by atoms with E-state index in [1.54, 1.807) is 0 Å². The van der Waals surface area contributed by atoms with Crippen LogP contribution < -0.4 is 5.32 Å². The number of nitrogens with zero attached hydrogens (tertiary/aromatic N) is 2. The molecular weight excluding hydrogens is 270 g/mol. The van der Waals surface area contributed by atoms with Crippen LogP contribution in [0.3, 0.4) is 0 Å². The molecule has 118 valence electrons. The Morgan fingerprint density at radius 2 is 2.33 bits per heavy atom. The molecule has 3 unspecified atom stereocenters. The lowest BCUT2D eigenvalue weighted by molar-refractivity contribution is 0.0129. The fourth-order valence-corrected chi connectivity index (χ4v) is 2.42. The van der Waals surface area contributed by atoms with Gasteiger partial charge in [-0.3, -0.25) is 0 Å².